The van der Waals surface area contributed by atoms with Gasteiger partial charge >= 0.3 is 0 Å². The summed E-state index contributed by atoms with van der Waals surface area (Å²) in [5.74, 6) is 1.55. The summed E-state index contributed by atoms with van der Waals surface area (Å²) in [5, 5.41) is 4.16. The number of hydrogen-bond donors (Lipinski definition) is 1. The summed E-state index contributed by atoms with van der Waals surface area (Å²) in [7, 11) is 1.65. The van der Waals surface area contributed by atoms with E-state index >= 15 is 0 Å². The lowest BCUT2D eigenvalue weighted by atomic mass is 10.1. The summed E-state index contributed by atoms with van der Waals surface area (Å²) in [5.41, 5.74) is 3.23. The molecule has 2 aromatic carbocycles. The van der Waals surface area contributed by atoms with Crippen molar-refractivity contribution < 1.29 is 9.47 Å². The number of benzene rings is 2. The third-order valence-corrected chi connectivity index (χ3v) is 3.46. The van der Waals surface area contributed by atoms with E-state index in [2.05, 4.69) is 5.32 Å². The number of methoxy groups -OCH3 is 1. The summed E-state index contributed by atoms with van der Waals surface area (Å²) >= 11 is 5.98. The van der Waals surface area contributed by atoms with Gasteiger partial charge < -0.3 is 14.8 Å². The fourth-order valence-electron chi connectivity index (χ4n) is 2.19. The Balaban J connectivity index is 2.19. The highest BCUT2D eigenvalue weighted by atomic mass is 35.5. The van der Waals surface area contributed by atoms with E-state index in [0.717, 1.165) is 33.3 Å². The van der Waals surface area contributed by atoms with E-state index < -0.39 is 0 Å². The Morgan fingerprint density at radius 3 is 2.67 bits per heavy atom. The molecule has 0 spiro atoms. The molecule has 0 bridgehead atoms. The van der Waals surface area contributed by atoms with Gasteiger partial charge in [-0.2, -0.15) is 0 Å². The summed E-state index contributed by atoms with van der Waals surface area (Å²) in [6.07, 6.45) is 0. The molecule has 0 saturated carbocycles. The predicted octanol–water partition coefficient (Wildman–Crippen LogP) is 4.67. The molecule has 0 atom stereocenters. The zero-order valence-electron chi connectivity index (χ0n) is 12.6. The van der Waals surface area contributed by atoms with Gasteiger partial charge in [-0.1, -0.05) is 23.7 Å². The molecular weight excluding hydrogens is 286 g/mol. The van der Waals surface area contributed by atoms with Crippen LogP contribution in [0, 0.1) is 6.92 Å². The number of halogens is 1. The van der Waals surface area contributed by atoms with Gasteiger partial charge in [0, 0.05) is 22.8 Å². The van der Waals surface area contributed by atoms with Crippen LogP contribution in [0.3, 0.4) is 0 Å². The second kappa shape index (κ2) is 7.23. The normalized spacial score (nSPS) is 10.3. The van der Waals surface area contributed by atoms with Crippen LogP contribution in [0.1, 0.15) is 18.1 Å². The number of nitrogens with one attached hydrogen (secondary N) is 1. The first-order valence-electron chi connectivity index (χ1n) is 6.94. The van der Waals surface area contributed by atoms with Crippen LogP contribution in [0.5, 0.6) is 11.5 Å². The van der Waals surface area contributed by atoms with E-state index in [0.29, 0.717) is 13.2 Å². The minimum atomic E-state index is 0.605. The van der Waals surface area contributed by atoms with Crippen molar-refractivity contribution in [1.82, 2.24) is 0 Å². The standard InChI is InChI=1S/C17H20ClNO2/c1-4-21-17-13(6-5-7-16(17)20-3)11-19-15-9-8-14(18)10-12(15)2/h5-10,19H,4,11H2,1-3H3. The van der Waals surface area contributed by atoms with E-state index in [1.165, 1.54) is 0 Å². The summed E-state index contributed by atoms with van der Waals surface area (Å²) in [6.45, 7) is 5.26. The van der Waals surface area contributed by atoms with Crippen molar-refractivity contribution in [2.75, 3.05) is 19.0 Å². The SMILES string of the molecule is CCOc1c(CNc2ccc(Cl)cc2C)cccc1OC. The van der Waals surface area contributed by atoms with Gasteiger partial charge in [-0.3, -0.25) is 0 Å². The Labute approximate surface area is 130 Å². The first kappa shape index (κ1) is 15.5. The quantitative estimate of drug-likeness (QED) is 0.841. The van der Waals surface area contributed by atoms with Gasteiger partial charge in [0.2, 0.25) is 0 Å². The minimum absolute atomic E-state index is 0.605. The smallest absolute Gasteiger partial charge is 0.166 e. The molecule has 2 rings (SSSR count). The maximum Gasteiger partial charge on any atom is 0.166 e. The zero-order chi connectivity index (χ0) is 15.2. The number of aryl methyl sites for hydroxylation is 1. The third kappa shape index (κ3) is 3.82. The van der Waals surface area contributed by atoms with Crippen LogP contribution in [0.2, 0.25) is 5.02 Å². The second-order valence-electron chi connectivity index (χ2n) is 4.69. The maximum atomic E-state index is 5.98. The van der Waals surface area contributed by atoms with Crippen LogP contribution in [-0.4, -0.2) is 13.7 Å². The lowest BCUT2D eigenvalue weighted by Crippen LogP contribution is -2.05. The van der Waals surface area contributed by atoms with E-state index in [1.807, 2.05) is 50.2 Å². The highest BCUT2D eigenvalue weighted by Gasteiger charge is 2.10. The first-order valence-corrected chi connectivity index (χ1v) is 7.32. The van der Waals surface area contributed by atoms with Crippen molar-refractivity contribution in [1.29, 1.82) is 0 Å². The number of rotatable bonds is 6. The third-order valence-electron chi connectivity index (χ3n) is 3.23. The number of para-hydroxylation sites is 1. The van der Waals surface area contributed by atoms with Crippen molar-refractivity contribution in [3.8, 4) is 11.5 Å². The van der Waals surface area contributed by atoms with E-state index in [-0.39, 0.29) is 0 Å². The van der Waals surface area contributed by atoms with E-state index in [4.69, 9.17) is 21.1 Å². The molecule has 21 heavy (non-hydrogen) atoms. The lowest BCUT2D eigenvalue weighted by molar-refractivity contribution is 0.308. The molecule has 0 saturated heterocycles. The Kier molecular flexibility index (Phi) is 5.34. The van der Waals surface area contributed by atoms with Crippen molar-refractivity contribution in [2.45, 2.75) is 20.4 Å². The molecule has 2 aromatic rings. The van der Waals surface area contributed by atoms with E-state index in [9.17, 15) is 0 Å². The van der Waals surface area contributed by atoms with Gasteiger partial charge in [0.15, 0.2) is 11.5 Å². The predicted molar refractivity (Wildman–Crippen MR) is 87.7 cm³/mol. The summed E-state index contributed by atoms with van der Waals surface area (Å²) in [6, 6.07) is 11.7. The zero-order valence-corrected chi connectivity index (χ0v) is 13.3. The molecule has 0 radical (unpaired) electrons. The average molecular weight is 306 g/mol. The van der Waals surface area contributed by atoms with Gasteiger partial charge in [0.1, 0.15) is 0 Å². The van der Waals surface area contributed by atoms with Crippen LogP contribution in [0.25, 0.3) is 0 Å². The van der Waals surface area contributed by atoms with Gasteiger partial charge in [-0.15, -0.1) is 0 Å². The molecule has 3 nitrogen and oxygen atoms in total. The summed E-state index contributed by atoms with van der Waals surface area (Å²) in [4.78, 5) is 0. The molecule has 0 fully saturated rings. The fourth-order valence-corrected chi connectivity index (χ4v) is 2.41. The Morgan fingerprint density at radius 1 is 1.19 bits per heavy atom. The van der Waals surface area contributed by atoms with Crippen LogP contribution < -0.4 is 14.8 Å². The van der Waals surface area contributed by atoms with Crippen molar-refractivity contribution in [3.05, 3.63) is 52.5 Å². The molecule has 0 aliphatic carbocycles. The molecule has 0 unspecified atom stereocenters. The average Bonchev–Trinajstić information content (AvgIpc) is 2.47. The minimum Gasteiger partial charge on any atom is -0.493 e. The summed E-state index contributed by atoms with van der Waals surface area (Å²) < 4.78 is 11.1. The number of hydrogen-bond acceptors (Lipinski definition) is 3. The van der Waals surface area contributed by atoms with Gasteiger partial charge in [-0.05, 0) is 43.7 Å². The monoisotopic (exact) mass is 305 g/mol. The topological polar surface area (TPSA) is 30.5 Å². The van der Waals surface area contributed by atoms with Gasteiger partial charge in [0.25, 0.3) is 0 Å². The Hall–Kier alpha value is -1.87. The van der Waals surface area contributed by atoms with Gasteiger partial charge in [0.05, 0.1) is 13.7 Å². The molecule has 112 valence electrons. The van der Waals surface area contributed by atoms with Crippen molar-refractivity contribution in [2.24, 2.45) is 0 Å². The molecule has 0 aromatic heterocycles. The Bertz CT molecular complexity index is 614. The molecule has 0 aliphatic heterocycles. The van der Waals surface area contributed by atoms with E-state index in [1.54, 1.807) is 7.11 Å². The largest absolute Gasteiger partial charge is 0.493 e. The Morgan fingerprint density at radius 2 is 2.00 bits per heavy atom. The number of ether oxygens (including phenoxy) is 2. The number of anilines is 1. The maximum absolute atomic E-state index is 5.98. The molecule has 0 amide bonds. The van der Waals surface area contributed by atoms with Crippen molar-refractivity contribution in [3.63, 3.8) is 0 Å². The molecule has 0 aliphatic rings. The molecular formula is C17H20ClNO2. The molecule has 1 N–H and O–H groups in total. The highest BCUT2D eigenvalue weighted by Crippen LogP contribution is 2.32. The fraction of sp³-hybridized carbons (Fsp3) is 0.294. The molecule has 4 heteroatoms. The first-order chi connectivity index (χ1) is 10.2. The van der Waals surface area contributed by atoms with Gasteiger partial charge in [-0.25, -0.2) is 0 Å². The van der Waals surface area contributed by atoms with Crippen LogP contribution in [0.4, 0.5) is 5.69 Å². The lowest BCUT2D eigenvalue weighted by Gasteiger charge is -2.16. The molecule has 0 heterocycles. The van der Waals surface area contributed by atoms with Crippen LogP contribution >= 0.6 is 11.6 Å². The van der Waals surface area contributed by atoms with Crippen molar-refractivity contribution >= 4 is 17.3 Å². The second-order valence-corrected chi connectivity index (χ2v) is 5.13. The highest BCUT2D eigenvalue weighted by molar-refractivity contribution is 6.30. The van der Waals surface area contributed by atoms with Crippen LogP contribution in [-0.2, 0) is 6.54 Å². The van der Waals surface area contributed by atoms with Crippen LogP contribution in [0.15, 0.2) is 36.4 Å².